The number of hydrogen-bond acceptors (Lipinski definition) is 3. The Bertz CT molecular complexity index is 337. The van der Waals surface area contributed by atoms with Gasteiger partial charge in [0.15, 0.2) is 0 Å². The van der Waals surface area contributed by atoms with Gasteiger partial charge in [0, 0.05) is 11.1 Å². The summed E-state index contributed by atoms with van der Waals surface area (Å²) in [5, 5.41) is -3.94. The molecule has 0 bridgehead atoms. The predicted octanol–water partition coefficient (Wildman–Crippen LogP) is -1.84. The molecule has 0 spiro atoms. The molecule has 0 aliphatic heterocycles. The zero-order valence-electron chi connectivity index (χ0n) is 8.02. The normalized spacial score (nSPS) is 15.2. The van der Waals surface area contributed by atoms with Crippen LogP contribution in [0.1, 0.15) is 11.6 Å². The van der Waals surface area contributed by atoms with E-state index in [1.807, 2.05) is 0 Å². The Morgan fingerprint density at radius 2 is 1.80 bits per heavy atom. The fraction of sp³-hybridized carbons (Fsp3) is 0.250. The molecule has 1 rings (SSSR count). The van der Waals surface area contributed by atoms with Crippen molar-refractivity contribution in [2.24, 2.45) is 5.73 Å². The van der Waals surface area contributed by atoms with Crippen molar-refractivity contribution >= 4 is 11.1 Å². The molecular formula is C8H8F2NNaO2S. The molecule has 1 aromatic rings. The Kier molecular flexibility index (Phi) is 6.09. The van der Waals surface area contributed by atoms with Gasteiger partial charge in [0.25, 0.3) is 0 Å². The van der Waals surface area contributed by atoms with Crippen LogP contribution in [0.3, 0.4) is 0 Å². The summed E-state index contributed by atoms with van der Waals surface area (Å²) in [6.45, 7) is 0. The van der Waals surface area contributed by atoms with Gasteiger partial charge in [0.1, 0.15) is 6.04 Å². The van der Waals surface area contributed by atoms with Crippen LogP contribution in [0.5, 0.6) is 0 Å². The monoisotopic (exact) mass is 243 g/mol. The molecule has 0 aliphatic rings. The Balaban J connectivity index is 0.00000196. The van der Waals surface area contributed by atoms with E-state index in [-0.39, 0.29) is 35.1 Å². The van der Waals surface area contributed by atoms with E-state index in [0.29, 0.717) is 0 Å². The van der Waals surface area contributed by atoms with Gasteiger partial charge in [-0.3, -0.25) is 4.21 Å². The second-order valence-electron chi connectivity index (χ2n) is 2.68. The molecular weight excluding hydrogens is 235 g/mol. The quantitative estimate of drug-likeness (QED) is 0.501. The first-order chi connectivity index (χ1) is 6.46. The molecule has 3 nitrogen and oxygen atoms in total. The second kappa shape index (κ2) is 6.03. The third-order valence-electron chi connectivity index (χ3n) is 1.74. The van der Waals surface area contributed by atoms with Crippen LogP contribution in [0.25, 0.3) is 0 Å². The fourth-order valence-electron chi connectivity index (χ4n) is 0.958. The van der Waals surface area contributed by atoms with E-state index in [1.54, 1.807) is 6.07 Å². The van der Waals surface area contributed by atoms with Crippen molar-refractivity contribution in [2.45, 2.75) is 11.3 Å². The average molecular weight is 243 g/mol. The zero-order valence-corrected chi connectivity index (χ0v) is 10.8. The summed E-state index contributed by atoms with van der Waals surface area (Å²) in [5.74, 6) is 0. The second-order valence-corrected chi connectivity index (χ2v) is 3.70. The van der Waals surface area contributed by atoms with Gasteiger partial charge in [-0.2, -0.15) is 8.78 Å². The van der Waals surface area contributed by atoms with Crippen LogP contribution in [-0.4, -0.2) is 14.0 Å². The molecule has 78 valence electrons. The molecule has 0 fully saturated rings. The van der Waals surface area contributed by atoms with Crippen molar-refractivity contribution in [1.29, 1.82) is 0 Å². The SMILES string of the molecule is N[C@@H](c1ccccc1)C(F)(F)S(=O)[O-].[Na+]. The molecule has 7 heteroatoms. The molecule has 0 amide bonds. The number of hydrogen-bond donors (Lipinski definition) is 1. The summed E-state index contributed by atoms with van der Waals surface area (Å²) < 4.78 is 46.2. The topological polar surface area (TPSA) is 66.2 Å². The van der Waals surface area contributed by atoms with E-state index in [9.17, 15) is 17.5 Å². The number of alkyl halides is 2. The van der Waals surface area contributed by atoms with Gasteiger partial charge < -0.3 is 10.3 Å². The van der Waals surface area contributed by atoms with E-state index >= 15 is 0 Å². The third-order valence-corrected chi connectivity index (χ3v) is 2.44. The summed E-state index contributed by atoms with van der Waals surface area (Å²) in [5.41, 5.74) is 5.22. The van der Waals surface area contributed by atoms with Crippen LogP contribution < -0.4 is 35.3 Å². The summed E-state index contributed by atoms with van der Waals surface area (Å²) in [7, 11) is 0. The summed E-state index contributed by atoms with van der Waals surface area (Å²) in [6, 6.07) is 5.53. The van der Waals surface area contributed by atoms with E-state index < -0.39 is 22.4 Å². The van der Waals surface area contributed by atoms with Gasteiger partial charge in [-0.1, -0.05) is 30.3 Å². The van der Waals surface area contributed by atoms with Crippen molar-refractivity contribution in [3.8, 4) is 0 Å². The maximum Gasteiger partial charge on any atom is 1.00 e. The number of rotatable bonds is 3. The van der Waals surface area contributed by atoms with Crippen molar-refractivity contribution in [2.75, 3.05) is 0 Å². The van der Waals surface area contributed by atoms with Gasteiger partial charge in [-0.05, 0) is 5.56 Å². The number of benzene rings is 1. The Hall–Kier alpha value is 0.150. The van der Waals surface area contributed by atoms with Crippen LogP contribution in [0.2, 0.25) is 0 Å². The van der Waals surface area contributed by atoms with Gasteiger partial charge in [-0.15, -0.1) is 0 Å². The molecule has 0 aromatic heterocycles. The van der Waals surface area contributed by atoms with E-state index in [1.165, 1.54) is 24.3 Å². The first kappa shape index (κ1) is 15.2. The molecule has 0 heterocycles. The molecule has 1 unspecified atom stereocenters. The molecule has 0 aliphatic carbocycles. The van der Waals surface area contributed by atoms with Gasteiger partial charge in [0.05, 0.1) is 0 Å². The van der Waals surface area contributed by atoms with Crippen molar-refractivity contribution < 1.29 is 47.1 Å². The molecule has 1 aromatic carbocycles. The minimum absolute atomic E-state index is 0. The Morgan fingerprint density at radius 1 is 1.33 bits per heavy atom. The Morgan fingerprint density at radius 3 is 2.20 bits per heavy atom. The molecule has 2 N–H and O–H groups in total. The van der Waals surface area contributed by atoms with Crippen LogP contribution >= 0.6 is 0 Å². The smallest absolute Gasteiger partial charge is 0.768 e. The van der Waals surface area contributed by atoms with E-state index in [4.69, 9.17) is 5.73 Å². The minimum atomic E-state index is -3.94. The maximum atomic E-state index is 12.9. The first-order valence-electron chi connectivity index (χ1n) is 3.74. The van der Waals surface area contributed by atoms with Gasteiger partial charge >= 0.3 is 34.8 Å². The standard InChI is InChI=1S/C8H9F2NO2S.Na/c9-8(10,14(12)13)7(11)6-4-2-1-3-5-6;/h1-5,7H,11H2,(H,12,13);/q;+1/p-1/t7-;/m0./s1. The van der Waals surface area contributed by atoms with Crippen molar-refractivity contribution in [3.05, 3.63) is 35.9 Å². The average Bonchev–Trinajstić information content (AvgIpc) is 2.17. The maximum absolute atomic E-state index is 12.9. The summed E-state index contributed by atoms with van der Waals surface area (Å²) >= 11 is -3.51. The van der Waals surface area contributed by atoms with Crippen LogP contribution in [-0.2, 0) is 11.1 Å². The van der Waals surface area contributed by atoms with Crippen LogP contribution in [0.15, 0.2) is 30.3 Å². The van der Waals surface area contributed by atoms with Gasteiger partial charge in [0.2, 0.25) is 0 Å². The minimum Gasteiger partial charge on any atom is -0.768 e. The fourth-order valence-corrected chi connectivity index (χ4v) is 1.30. The van der Waals surface area contributed by atoms with E-state index in [0.717, 1.165) is 0 Å². The number of nitrogens with two attached hydrogens (primary N) is 1. The zero-order chi connectivity index (χ0) is 10.8. The number of halogens is 2. The third kappa shape index (κ3) is 3.58. The molecule has 2 atom stereocenters. The molecule has 15 heavy (non-hydrogen) atoms. The molecule has 0 saturated carbocycles. The van der Waals surface area contributed by atoms with E-state index in [2.05, 4.69) is 0 Å². The van der Waals surface area contributed by atoms with Crippen LogP contribution in [0, 0.1) is 0 Å². The summed E-state index contributed by atoms with van der Waals surface area (Å²) in [6.07, 6.45) is 0. The molecule has 0 saturated heterocycles. The van der Waals surface area contributed by atoms with Crippen molar-refractivity contribution in [3.63, 3.8) is 0 Å². The first-order valence-corrected chi connectivity index (χ1v) is 4.81. The summed E-state index contributed by atoms with van der Waals surface area (Å²) in [4.78, 5) is 0. The van der Waals surface area contributed by atoms with Gasteiger partial charge in [-0.25, -0.2) is 0 Å². The Labute approximate surface area is 111 Å². The molecule has 0 radical (unpaired) electrons. The predicted molar refractivity (Wildman–Crippen MR) is 47.2 cm³/mol. The largest absolute Gasteiger partial charge is 1.00 e. The van der Waals surface area contributed by atoms with Crippen molar-refractivity contribution in [1.82, 2.24) is 0 Å². The van der Waals surface area contributed by atoms with Crippen LogP contribution in [0.4, 0.5) is 8.78 Å².